The highest BCUT2D eigenvalue weighted by Crippen LogP contribution is 2.22. The number of anilines is 1. The molecule has 0 aliphatic rings. The van der Waals surface area contributed by atoms with Gasteiger partial charge in [-0.25, -0.2) is 8.78 Å². The summed E-state index contributed by atoms with van der Waals surface area (Å²) >= 11 is 5.67. The Morgan fingerprint density at radius 3 is 2.75 bits per heavy atom. The van der Waals surface area contributed by atoms with Crippen LogP contribution in [0.3, 0.4) is 0 Å². The van der Waals surface area contributed by atoms with E-state index in [1.165, 1.54) is 18.2 Å². The first-order valence-electron chi connectivity index (χ1n) is 4.41. The predicted octanol–water partition coefficient (Wildman–Crippen LogP) is 2.25. The van der Waals surface area contributed by atoms with Crippen molar-refractivity contribution in [3.63, 3.8) is 0 Å². The molecular weight excluding hydrogens is 238 g/mol. The molecule has 1 aromatic rings. The summed E-state index contributed by atoms with van der Waals surface area (Å²) in [4.78, 5) is 0. The van der Waals surface area contributed by atoms with Crippen LogP contribution in [-0.4, -0.2) is 24.2 Å². The lowest BCUT2D eigenvalue weighted by molar-refractivity contribution is -0.0372. The molecule has 0 radical (unpaired) electrons. The van der Waals surface area contributed by atoms with E-state index in [0.29, 0.717) is 5.02 Å². The van der Waals surface area contributed by atoms with Crippen LogP contribution >= 0.6 is 11.6 Å². The third-order valence-corrected chi connectivity index (χ3v) is 2.11. The summed E-state index contributed by atoms with van der Waals surface area (Å²) in [5, 5.41) is 19.8. The number of nitrogens with one attached hydrogen (secondary N) is 1. The van der Waals surface area contributed by atoms with Gasteiger partial charge in [0, 0.05) is 5.02 Å². The topological polar surface area (TPSA) is 56.0 Å². The van der Waals surface area contributed by atoms with Crippen LogP contribution in [0.2, 0.25) is 5.02 Å². The lowest BCUT2D eigenvalue weighted by Crippen LogP contribution is -2.31. The Balaban J connectivity index is 2.81. The summed E-state index contributed by atoms with van der Waals surface area (Å²) in [6.07, 6.45) is 0. The number of hydrogen-bond acceptors (Lipinski definition) is 3. The number of nitriles is 1. The minimum absolute atomic E-state index is 0.220. The summed E-state index contributed by atoms with van der Waals surface area (Å²) in [7, 11) is 0. The Morgan fingerprint density at radius 2 is 2.19 bits per heavy atom. The van der Waals surface area contributed by atoms with E-state index in [2.05, 4.69) is 5.32 Å². The van der Waals surface area contributed by atoms with Crippen molar-refractivity contribution in [3.05, 3.63) is 28.8 Å². The van der Waals surface area contributed by atoms with Crippen LogP contribution in [0.1, 0.15) is 5.56 Å². The maximum absolute atomic E-state index is 12.7. The molecule has 0 bridgehead atoms. The Morgan fingerprint density at radius 1 is 1.50 bits per heavy atom. The lowest BCUT2D eigenvalue weighted by atomic mass is 10.2. The highest BCUT2D eigenvalue weighted by atomic mass is 35.5. The van der Waals surface area contributed by atoms with Crippen LogP contribution in [0.25, 0.3) is 0 Å². The normalized spacial score (nSPS) is 10.9. The maximum Gasteiger partial charge on any atom is 0.287 e. The van der Waals surface area contributed by atoms with Crippen molar-refractivity contribution in [1.29, 1.82) is 5.26 Å². The third kappa shape index (κ3) is 3.33. The second-order valence-corrected chi connectivity index (χ2v) is 3.61. The zero-order valence-electron chi connectivity index (χ0n) is 8.17. The summed E-state index contributed by atoms with van der Waals surface area (Å²) in [5.41, 5.74) is 0.446. The molecule has 0 unspecified atom stereocenters. The molecule has 0 saturated heterocycles. The molecule has 0 atom stereocenters. The first-order chi connectivity index (χ1) is 7.48. The number of benzene rings is 1. The molecule has 2 N–H and O–H groups in total. The van der Waals surface area contributed by atoms with Crippen LogP contribution in [0.5, 0.6) is 0 Å². The molecule has 0 amide bonds. The third-order valence-electron chi connectivity index (χ3n) is 1.87. The van der Waals surface area contributed by atoms with Gasteiger partial charge < -0.3 is 10.4 Å². The zero-order chi connectivity index (χ0) is 12.2. The second kappa shape index (κ2) is 5.10. The van der Waals surface area contributed by atoms with E-state index in [9.17, 15) is 8.78 Å². The van der Waals surface area contributed by atoms with Crippen molar-refractivity contribution in [3.8, 4) is 6.07 Å². The van der Waals surface area contributed by atoms with Crippen molar-refractivity contribution >= 4 is 17.3 Å². The van der Waals surface area contributed by atoms with Gasteiger partial charge >= 0.3 is 0 Å². The molecule has 0 spiro atoms. The molecule has 0 aliphatic heterocycles. The van der Waals surface area contributed by atoms with Gasteiger partial charge in [0.2, 0.25) is 0 Å². The minimum Gasteiger partial charge on any atom is -0.390 e. The molecular formula is C10H9ClF2N2O. The van der Waals surface area contributed by atoms with Crippen LogP contribution in [0, 0.1) is 11.3 Å². The molecule has 0 fully saturated rings. The number of rotatable bonds is 4. The second-order valence-electron chi connectivity index (χ2n) is 3.17. The highest BCUT2D eigenvalue weighted by Gasteiger charge is 2.27. The van der Waals surface area contributed by atoms with Gasteiger partial charge in [-0.1, -0.05) is 11.6 Å². The summed E-state index contributed by atoms with van der Waals surface area (Å²) < 4.78 is 25.5. The van der Waals surface area contributed by atoms with E-state index in [0.717, 1.165) is 0 Å². The van der Waals surface area contributed by atoms with Gasteiger partial charge in [0.05, 0.1) is 17.8 Å². The molecule has 1 rings (SSSR count). The summed E-state index contributed by atoms with van der Waals surface area (Å²) in [5.74, 6) is -3.23. The van der Waals surface area contributed by atoms with Crippen molar-refractivity contribution in [2.45, 2.75) is 5.92 Å². The minimum atomic E-state index is -3.23. The van der Waals surface area contributed by atoms with Crippen LogP contribution < -0.4 is 5.32 Å². The SMILES string of the molecule is N#Cc1ccc(Cl)cc1NCC(F)(F)CO. The largest absolute Gasteiger partial charge is 0.390 e. The highest BCUT2D eigenvalue weighted by molar-refractivity contribution is 6.30. The summed E-state index contributed by atoms with van der Waals surface area (Å²) in [6, 6.07) is 6.16. The van der Waals surface area contributed by atoms with Crippen LogP contribution in [-0.2, 0) is 0 Å². The fourth-order valence-corrected chi connectivity index (χ4v) is 1.21. The Labute approximate surface area is 96.3 Å². The van der Waals surface area contributed by atoms with E-state index >= 15 is 0 Å². The molecule has 86 valence electrons. The summed E-state index contributed by atoms with van der Waals surface area (Å²) in [6.45, 7) is -2.00. The molecule has 0 aliphatic carbocycles. The van der Waals surface area contributed by atoms with E-state index < -0.39 is 19.1 Å². The standard InChI is InChI=1S/C10H9ClF2N2O/c11-8-2-1-7(4-14)9(3-8)15-5-10(12,13)6-16/h1-3,15-16H,5-6H2. The fourth-order valence-electron chi connectivity index (χ4n) is 1.04. The molecule has 0 heterocycles. The van der Waals surface area contributed by atoms with Crippen LogP contribution in [0.4, 0.5) is 14.5 Å². The van der Waals surface area contributed by atoms with Crippen molar-refractivity contribution < 1.29 is 13.9 Å². The van der Waals surface area contributed by atoms with E-state index in [1.807, 2.05) is 6.07 Å². The number of hydrogen-bond donors (Lipinski definition) is 2. The monoisotopic (exact) mass is 246 g/mol. The molecule has 3 nitrogen and oxygen atoms in total. The zero-order valence-corrected chi connectivity index (χ0v) is 8.93. The molecule has 16 heavy (non-hydrogen) atoms. The quantitative estimate of drug-likeness (QED) is 0.857. The molecule has 6 heteroatoms. The van der Waals surface area contributed by atoms with E-state index in [4.69, 9.17) is 22.0 Å². The van der Waals surface area contributed by atoms with Gasteiger partial charge in [-0.05, 0) is 18.2 Å². The molecule has 0 aromatic heterocycles. The van der Waals surface area contributed by atoms with Gasteiger partial charge in [-0.3, -0.25) is 0 Å². The Kier molecular flexibility index (Phi) is 4.05. The fraction of sp³-hybridized carbons (Fsp3) is 0.300. The first kappa shape index (κ1) is 12.7. The van der Waals surface area contributed by atoms with Crippen molar-refractivity contribution in [2.75, 3.05) is 18.5 Å². The maximum atomic E-state index is 12.7. The average molecular weight is 247 g/mol. The van der Waals surface area contributed by atoms with Gasteiger partial charge in [-0.15, -0.1) is 0 Å². The number of halogens is 3. The number of alkyl halides is 2. The molecule has 1 aromatic carbocycles. The van der Waals surface area contributed by atoms with Crippen molar-refractivity contribution in [2.24, 2.45) is 0 Å². The van der Waals surface area contributed by atoms with Crippen molar-refractivity contribution in [1.82, 2.24) is 0 Å². The predicted molar refractivity (Wildman–Crippen MR) is 56.7 cm³/mol. The Hall–Kier alpha value is -1.38. The van der Waals surface area contributed by atoms with Gasteiger partial charge in [0.25, 0.3) is 5.92 Å². The first-order valence-corrected chi connectivity index (χ1v) is 4.78. The number of aliphatic hydroxyl groups is 1. The van der Waals surface area contributed by atoms with Gasteiger partial charge in [0.15, 0.2) is 0 Å². The lowest BCUT2D eigenvalue weighted by Gasteiger charge is -2.15. The van der Waals surface area contributed by atoms with Crippen LogP contribution in [0.15, 0.2) is 18.2 Å². The molecule has 0 saturated carbocycles. The Bertz CT molecular complexity index is 418. The average Bonchev–Trinajstić information content (AvgIpc) is 2.27. The van der Waals surface area contributed by atoms with Gasteiger partial charge in [-0.2, -0.15) is 5.26 Å². The smallest absolute Gasteiger partial charge is 0.287 e. The number of aliphatic hydroxyl groups excluding tert-OH is 1. The van der Waals surface area contributed by atoms with E-state index in [-0.39, 0.29) is 11.3 Å². The van der Waals surface area contributed by atoms with Gasteiger partial charge in [0.1, 0.15) is 12.7 Å². The van der Waals surface area contributed by atoms with E-state index in [1.54, 1.807) is 0 Å². The number of nitrogens with zero attached hydrogens (tertiary/aromatic N) is 1.